The number of fused-ring (bicyclic) bond motifs is 1. The molecule has 1 aliphatic rings. The van der Waals surface area contributed by atoms with Gasteiger partial charge in [0.2, 0.25) is 5.95 Å². The molecule has 136 valence electrons. The van der Waals surface area contributed by atoms with Gasteiger partial charge in [-0.1, -0.05) is 0 Å². The topological polar surface area (TPSA) is 65.7 Å². The molecule has 1 unspecified atom stereocenters. The molecular weight excluding hydrogens is 333 g/mol. The Morgan fingerprint density at radius 1 is 1.31 bits per heavy atom. The van der Waals surface area contributed by atoms with E-state index < -0.39 is 5.82 Å². The fourth-order valence-corrected chi connectivity index (χ4v) is 3.66. The second kappa shape index (κ2) is 6.57. The molecule has 1 aromatic carbocycles. The van der Waals surface area contributed by atoms with Gasteiger partial charge in [0.05, 0.1) is 11.1 Å². The molecule has 6 nitrogen and oxygen atoms in total. The molecule has 3 heterocycles. The van der Waals surface area contributed by atoms with Crippen molar-refractivity contribution in [1.82, 2.24) is 19.5 Å². The van der Waals surface area contributed by atoms with E-state index in [-0.39, 0.29) is 11.3 Å². The van der Waals surface area contributed by atoms with Gasteiger partial charge in [-0.2, -0.15) is 0 Å². The Kier molecular flexibility index (Phi) is 4.24. The summed E-state index contributed by atoms with van der Waals surface area (Å²) in [5.41, 5.74) is 1.76. The van der Waals surface area contributed by atoms with Gasteiger partial charge in [-0.3, -0.25) is 4.40 Å². The average molecular weight is 355 g/mol. The molecule has 3 aromatic rings. The Hall–Kier alpha value is -2.67. The number of aromatic hydroxyl groups is 1. The summed E-state index contributed by atoms with van der Waals surface area (Å²) < 4.78 is 16.3. The van der Waals surface area contributed by atoms with E-state index in [2.05, 4.69) is 27.5 Å². The lowest BCUT2D eigenvalue weighted by molar-refractivity contribution is 0.260. The van der Waals surface area contributed by atoms with Crippen molar-refractivity contribution >= 4 is 11.5 Å². The third-order valence-electron chi connectivity index (χ3n) is 4.87. The Bertz CT molecular complexity index is 931. The van der Waals surface area contributed by atoms with Crippen LogP contribution in [-0.2, 0) is 0 Å². The first-order valence-corrected chi connectivity index (χ1v) is 8.81. The number of nitrogens with zero attached hydrogens (tertiary/aromatic N) is 4. The first kappa shape index (κ1) is 16.8. The van der Waals surface area contributed by atoms with Crippen molar-refractivity contribution in [2.75, 3.05) is 25.5 Å². The van der Waals surface area contributed by atoms with Gasteiger partial charge in [-0.25, -0.2) is 4.39 Å². The summed E-state index contributed by atoms with van der Waals surface area (Å²) in [6.07, 6.45) is 4.08. The number of phenols is 1. The maximum absolute atomic E-state index is 14.5. The summed E-state index contributed by atoms with van der Waals surface area (Å²) in [7, 11) is 2.11. The summed E-state index contributed by atoms with van der Waals surface area (Å²) in [5, 5.41) is 22.2. The monoisotopic (exact) mass is 355 g/mol. The number of rotatable bonds is 3. The van der Waals surface area contributed by atoms with Gasteiger partial charge in [0.25, 0.3) is 0 Å². The maximum atomic E-state index is 14.5. The van der Waals surface area contributed by atoms with Gasteiger partial charge in [0, 0.05) is 18.8 Å². The lowest BCUT2D eigenvalue weighted by Crippen LogP contribution is -2.40. The number of hydrogen-bond acceptors (Lipinski definition) is 5. The van der Waals surface area contributed by atoms with Crippen molar-refractivity contribution in [3.63, 3.8) is 0 Å². The summed E-state index contributed by atoms with van der Waals surface area (Å²) in [5.74, 6) is -0.00918. The largest absolute Gasteiger partial charge is 0.507 e. The average Bonchev–Trinajstić information content (AvgIpc) is 3.06. The second-order valence-corrected chi connectivity index (χ2v) is 7.02. The van der Waals surface area contributed by atoms with E-state index in [1.165, 1.54) is 12.1 Å². The minimum atomic E-state index is -0.505. The Labute approximate surface area is 151 Å². The van der Waals surface area contributed by atoms with Gasteiger partial charge in [0.1, 0.15) is 17.3 Å². The molecule has 1 atom stereocenters. The molecule has 2 aromatic heterocycles. The van der Waals surface area contributed by atoms with E-state index in [9.17, 15) is 9.50 Å². The van der Waals surface area contributed by atoms with Gasteiger partial charge in [-0.15, -0.1) is 10.2 Å². The third-order valence-corrected chi connectivity index (χ3v) is 4.87. The molecule has 0 saturated carbocycles. The van der Waals surface area contributed by atoms with Crippen LogP contribution in [0.3, 0.4) is 0 Å². The normalized spacial score (nSPS) is 18.3. The van der Waals surface area contributed by atoms with Crippen LogP contribution in [0.1, 0.15) is 18.4 Å². The van der Waals surface area contributed by atoms with Crippen LogP contribution < -0.4 is 5.32 Å². The van der Waals surface area contributed by atoms with Crippen molar-refractivity contribution in [2.24, 2.45) is 0 Å². The SMILES string of the molecule is Cc1cc(O)c(-c2nnc(NC3CCCN(C)C3)n3cccc23)c(F)c1. The number of phenolic OH excluding ortho intramolecular Hbond substituents is 1. The Morgan fingerprint density at radius 3 is 2.92 bits per heavy atom. The highest BCUT2D eigenvalue weighted by molar-refractivity contribution is 5.81. The van der Waals surface area contributed by atoms with Crippen molar-refractivity contribution in [3.8, 4) is 17.0 Å². The van der Waals surface area contributed by atoms with Crippen LogP contribution in [0.4, 0.5) is 10.3 Å². The Balaban J connectivity index is 1.75. The highest BCUT2D eigenvalue weighted by Gasteiger charge is 2.21. The molecule has 4 rings (SSSR count). The zero-order chi connectivity index (χ0) is 18.3. The quantitative estimate of drug-likeness (QED) is 0.756. The minimum absolute atomic E-state index is 0.0794. The summed E-state index contributed by atoms with van der Waals surface area (Å²) >= 11 is 0. The number of nitrogens with one attached hydrogen (secondary N) is 1. The highest BCUT2D eigenvalue weighted by atomic mass is 19.1. The number of aryl methyl sites for hydroxylation is 1. The van der Waals surface area contributed by atoms with E-state index >= 15 is 0 Å². The van der Waals surface area contributed by atoms with E-state index in [0.29, 0.717) is 28.8 Å². The molecule has 0 radical (unpaired) electrons. The van der Waals surface area contributed by atoms with Crippen LogP contribution in [0.25, 0.3) is 16.8 Å². The molecular formula is C19H22FN5O. The Morgan fingerprint density at radius 2 is 2.15 bits per heavy atom. The van der Waals surface area contributed by atoms with Crippen LogP contribution in [0.5, 0.6) is 5.75 Å². The number of benzene rings is 1. The third kappa shape index (κ3) is 2.99. The molecule has 1 aliphatic heterocycles. The molecule has 0 spiro atoms. The summed E-state index contributed by atoms with van der Waals surface area (Å²) in [6.45, 7) is 3.78. The zero-order valence-electron chi connectivity index (χ0n) is 14.9. The molecule has 1 saturated heterocycles. The van der Waals surface area contributed by atoms with Gasteiger partial charge >= 0.3 is 0 Å². The molecule has 26 heavy (non-hydrogen) atoms. The molecule has 7 heteroatoms. The fraction of sp³-hybridized carbons (Fsp3) is 0.368. The lowest BCUT2D eigenvalue weighted by atomic mass is 10.1. The number of likely N-dealkylation sites (N-methyl/N-ethyl adjacent to an activating group) is 1. The van der Waals surface area contributed by atoms with E-state index in [1.807, 2.05) is 22.7 Å². The van der Waals surface area contributed by atoms with Crippen molar-refractivity contribution in [1.29, 1.82) is 0 Å². The van der Waals surface area contributed by atoms with Gasteiger partial charge in [-0.05, 0) is 63.2 Å². The van der Waals surface area contributed by atoms with Crippen LogP contribution in [0.2, 0.25) is 0 Å². The standard InChI is InChI=1S/C19H22FN5O/c1-12-9-14(20)17(16(26)10-12)18-15-6-4-8-25(15)19(23-22-18)21-13-5-3-7-24(2)11-13/h4,6,8-10,13,26H,3,5,7,11H2,1-2H3,(H,21,23). The molecule has 0 aliphatic carbocycles. The molecule has 1 fully saturated rings. The lowest BCUT2D eigenvalue weighted by Gasteiger charge is -2.30. The van der Waals surface area contributed by atoms with Gasteiger partial charge < -0.3 is 15.3 Å². The molecule has 2 N–H and O–H groups in total. The minimum Gasteiger partial charge on any atom is -0.507 e. The number of likely N-dealkylation sites (tertiary alicyclic amines) is 1. The van der Waals surface area contributed by atoms with E-state index in [1.54, 1.807) is 6.92 Å². The number of halogens is 1. The number of hydrogen-bond donors (Lipinski definition) is 2. The predicted molar refractivity (Wildman–Crippen MR) is 98.9 cm³/mol. The first-order valence-electron chi connectivity index (χ1n) is 8.81. The predicted octanol–water partition coefficient (Wildman–Crippen LogP) is 3.06. The number of piperidine rings is 1. The zero-order valence-corrected chi connectivity index (χ0v) is 14.9. The number of anilines is 1. The van der Waals surface area contributed by atoms with Crippen molar-refractivity contribution in [2.45, 2.75) is 25.8 Å². The first-order chi connectivity index (χ1) is 12.5. The molecule has 0 amide bonds. The summed E-state index contributed by atoms with van der Waals surface area (Å²) in [4.78, 5) is 2.29. The fourth-order valence-electron chi connectivity index (χ4n) is 3.66. The van der Waals surface area contributed by atoms with Gasteiger partial charge in [0.15, 0.2) is 0 Å². The maximum Gasteiger partial charge on any atom is 0.228 e. The van der Waals surface area contributed by atoms with E-state index in [0.717, 1.165) is 25.9 Å². The smallest absolute Gasteiger partial charge is 0.228 e. The summed E-state index contributed by atoms with van der Waals surface area (Å²) in [6, 6.07) is 6.93. The number of aromatic nitrogens is 3. The van der Waals surface area contributed by atoms with Crippen molar-refractivity contribution < 1.29 is 9.50 Å². The van der Waals surface area contributed by atoms with Crippen LogP contribution in [0, 0.1) is 12.7 Å². The second-order valence-electron chi connectivity index (χ2n) is 7.02. The highest BCUT2D eigenvalue weighted by Crippen LogP contribution is 2.34. The molecule has 0 bridgehead atoms. The van der Waals surface area contributed by atoms with Crippen LogP contribution >= 0.6 is 0 Å². The van der Waals surface area contributed by atoms with Crippen molar-refractivity contribution in [3.05, 3.63) is 41.8 Å². The van der Waals surface area contributed by atoms with Crippen LogP contribution in [-0.4, -0.2) is 50.8 Å². The van der Waals surface area contributed by atoms with Crippen LogP contribution in [0.15, 0.2) is 30.5 Å². The van der Waals surface area contributed by atoms with E-state index in [4.69, 9.17) is 0 Å².